The van der Waals surface area contributed by atoms with Gasteiger partial charge in [0.2, 0.25) is 5.91 Å². The molecule has 5 nitrogen and oxygen atoms in total. The van der Waals surface area contributed by atoms with Crippen molar-refractivity contribution in [2.75, 3.05) is 18.5 Å². The van der Waals surface area contributed by atoms with E-state index in [1.165, 1.54) is 12.8 Å². The average molecular weight is 290 g/mol. The first-order valence-corrected chi connectivity index (χ1v) is 7.50. The van der Waals surface area contributed by atoms with Gasteiger partial charge in [0.15, 0.2) is 0 Å². The summed E-state index contributed by atoms with van der Waals surface area (Å²) in [6.07, 6.45) is 4.49. The molecule has 1 aliphatic carbocycles. The minimum Gasteiger partial charge on any atom is -0.462 e. The van der Waals surface area contributed by atoms with E-state index in [9.17, 15) is 9.59 Å². The van der Waals surface area contributed by atoms with Gasteiger partial charge in [0, 0.05) is 11.7 Å². The number of amides is 1. The van der Waals surface area contributed by atoms with Crippen LogP contribution >= 0.6 is 0 Å². The predicted molar refractivity (Wildman–Crippen MR) is 81.3 cm³/mol. The second kappa shape index (κ2) is 7.67. The Hall–Kier alpha value is -2.04. The molecule has 1 aromatic rings. The Morgan fingerprint density at radius 1 is 1.24 bits per heavy atom. The lowest BCUT2D eigenvalue weighted by Gasteiger charge is -2.14. The summed E-state index contributed by atoms with van der Waals surface area (Å²) < 4.78 is 5.00. The van der Waals surface area contributed by atoms with Crippen LogP contribution in [0, 0.1) is 0 Å². The smallest absolute Gasteiger partial charge is 0.340 e. The third-order valence-electron chi connectivity index (χ3n) is 3.58. The first-order valence-electron chi connectivity index (χ1n) is 7.50. The molecule has 5 heteroatoms. The van der Waals surface area contributed by atoms with Crippen LogP contribution in [-0.2, 0) is 9.53 Å². The summed E-state index contributed by atoms with van der Waals surface area (Å²) in [5.74, 6) is -0.419. The predicted octanol–water partition coefficient (Wildman–Crippen LogP) is 2.33. The molecule has 1 saturated carbocycles. The lowest BCUT2D eigenvalue weighted by molar-refractivity contribution is -0.120. The molecule has 21 heavy (non-hydrogen) atoms. The molecule has 0 radical (unpaired) electrons. The summed E-state index contributed by atoms with van der Waals surface area (Å²) >= 11 is 0. The molecule has 114 valence electrons. The zero-order valence-corrected chi connectivity index (χ0v) is 12.4. The van der Waals surface area contributed by atoms with Gasteiger partial charge in [0.25, 0.3) is 0 Å². The van der Waals surface area contributed by atoms with Crippen LogP contribution in [0.25, 0.3) is 0 Å². The van der Waals surface area contributed by atoms with Crippen LogP contribution in [0.4, 0.5) is 5.69 Å². The van der Waals surface area contributed by atoms with E-state index in [0.29, 0.717) is 23.9 Å². The zero-order chi connectivity index (χ0) is 15.1. The van der Waals surface area contributed by atoms with Crippen molar-refractivity contribution in [1.82, 2.24) is 5.32 Å². The summed E-state index contributed by atoms with van der Waals surface area (Å²) in [7, 11) is 0. The minimum absolute atomic E-state index is 0.0411. The Bertz CT molecular complexity index is 496. The molecular formula is C16H22N2O3. The third-order valence-corrected chi connectivity index (χ3v) is 3.58. The van der Waals surface area contributed by atoms with E-state index in [4.69, 9.17) is 4.74 Å². The van der Waals surface area contributed by atoms with Crippen molar-refractivity contribution in [3.8, 4) is 0 Å². The summed E-state index contributed by atoms with van der Waals surface area (Å²) in [6, 6.07) is 7.36. The number of hydrogen-bond donors (Lipinski definition) is 2. The van der Waals surface area contributed by atoms with Crippen LogP contribution in [0.3, 0.4) is 0 Å². The Labute approximate surface area is 125 Å². The Balaban J connectivity index is 1.90. The summed E-state index contributed by atoms with van der Waals surface area (Å²) in [5.41, 5.74) is 1.07. The standard InChI is InChI=1S/C16H22N2O3/c1-2-21-16(20)13-9-5-6-10-14(13)17-11-15(19)18-12-7-3-4-8-12/h5-6,9-10,12,17H,2-4,7-8,11H2,1H3,(H,18,19). The van der Waals surface area contributed by atoms with Crippen LogP contribution in [0.5, 0.6) is 0 Å². The van der Waals surface area contributed by atoms with Crippen LogP contribution < -0.4 is 10.6 Å². The highest BCUT2D eigenvalue weighted by Gasteiger charge is 2.17. The van der Waals surface area contributed by atoms with E-state index in [-0.39, 0.29) is 18.4 Å². The Kier molecular flexibility index (Phi) is 5.60. The lowest BCUT2D eigenvalue weighted by atomic mass is 10.2. The van der Waals surface area contributed by atoms with Crippen molar-refractivity contribution >= 4 is 17.6 Å². The van der Waals surface area contributed by atoms with Crippen LogP contribution in [0.1, 0.15) is 43.0 Å². The fourth-order valence-corrected chi connectivity index (χ4v) is 2.55. The van der Waals surface area contributed by atoms with E-state index in [1.54, 1.807) is 25.1 Å². The molecule has 0 aromatic heterocycles. The van der Waals surface area contributed by atoms with Gasteiger partial charge in [-0.15, -0.1) is 0 Å². The van der Waals surface area contributed by atoms with Gasteiger partial charge in [-0.2, -0.15) is 0 Å². The van der Waals surface area contributed by atoms with Gasteiger partial charge in [0.1, 0.15) is 0 Å². The SMILES string of the molecule is CCOC(=O)c1ccccc1NCC(=O)NC1CCCC1. The first kappa shape index (κ1) is 15.4. The minimum atomic E-state index is -0.378. The number of para-hydroxylation sites is 1. The van der Waals surface area contributed by atoms with Crippen molar-refractivity contribution in [2.45, 2.75) is 38.6 Å². The number of nitrogens with one attached hydrogen (secondary N) is 2. The summed E-state index contributed by atoms with van der Waals surface area (Å²) in [6.45, 7) is 2.26. The number of anilines is 1. The number of benzene rings is 1. The molecule has 1 amide bonds. The maximum Gasteiger partial charge on any atom is 0.340 e. The second-order valence-corrected chi connectivity index (χ2v) is 5.17. The van der Waals surface area contributed by atoms with Crippen molar-refractivity contribution < 1.29 is 14.3 Å². The normalized spacial score (nSPS) is 14.7. The van der Waals surface area contributed by atoms with Crippen LogP contribution in [-0.4, -0.2) is 31.1 Å². The first-order chi connectivity index (χ1) is 10.2. The van der Waals surface area contributed by atoms with E-state index in [1.807, 2.05) is 6.07 Å². The highest BCUT2D eigenvalue weighted by atomic mass is 16.5. The molecule has 2 N–H and O–H groups in total. The topological polar surface area (TPSA) is 67.4 Å². The number of carbonyl (C=O) groups is 2. The van der Waals surface area contributed by atoms with Gasteiger partial charge in [-0.05, 0) is 31.9 Å². The molecule has 0 bridgehead atoms. The second-order valence-electron chi connectivity index (χ2n) is 5.17. The average Bonchev–Trinajstić information content (AvgIpc) is 2.98. The molecule has 0 aliphatic heterocycles. The third kappa shape index (κ3) is 4.48. The van der Waals surface area contributed by atoms with Crippen LogP contribution in [0.2, 0.25) is 0 Å². The molecule has 1 aromatic carbocycles. The number of ether oxygens (including phenoxy) is 1. The van der Waals surface area contributed by atoms with Gasteiger partial charge in [-0.3, -0.25) is 4.79 Å². The molecular weight excluding hydrogens is 268 g/mol. The Morgan fingerprint density at radius 2 is 1.95 bits per heavy atom. The van der Waals surface area contributed by atoms with E-state index in [0.717, 1.165) is 12.8 Å². The number of carbonyl (C=O) groups excluding carboxylic acids is 2. The van der Waals surface area contributed by atoms with Crippen LogP contribution in [0.15, 0.2) is 24.3 Å². The molecule has 1 aliphatic rings. The fraction of sp³-hybridized carbons (Fsp3) is 0.500. The number of esters is 1. The molecule has 2 rings (SSSR count). The highest BCUT2D eigenvalue weighted by Crippen LogP contribution is 2.18. The largest absolute Gasteiger partial charge is 0.462 e. The lowest BCUT2D eigenvalue weighted by Crippen LogP contribution is -2.36. The van der Waals surface area contributed by atoms with Gasteiger partial charge in [-0.25, -0.2) is 4.79 Å². The van der Waals surface area contributed by atoms with Crippen molar-refractivity contribution in [1.29, 1.82) is 0 Å². The molecule has 0 spiro atoms. The number of rotatable bonds is 6. The summed E-state index contributed by atoms with van der Waals surface area (Å²) in [5, 5.41) is 6.02. The molecule has 0 atom stereocenters. The molecule has 1 fully saturated rings. The fourth-order valence-electron chi connectivity index (χ4n) is 2.55. The van der Waals surface area contributed by atoms with Gasteiger partial charge >= 0.3 is 5.97 Å². The zero-order valence-electron chi connectivity index (χ0n) is 12.4. The molecule has 0 heterocycles. The molecule has 0 saturated heterocycles. The monoisotopic (exact) mass is 290 g/mol. The van der Waals surface area contributed by atoms with E-state index < -0.39 is 0 Å². The Morgan fingerprint density at radius 3 is 2.67 bits per heavy atom. The van der Waals surface area contributed by atoms with Crippen molar-refractivity contribution in [3.05, 3.63) is 29.8 Å². The van der Waals surface area contributed by atoms with E-state index in [2.05, 4.69) is 10.6 Å². The van der Waals surface area contributed by atoms with E-state index >= 15 is 0 Å². The van der Waals surface area contributed by atoms with Crippen molar-refractivity contribution in [3.63, 3.8) is 0 Å². The number of hydrogen-bond acceptors (Lipinski definition) is 4. The van der Waals surface area contributed by atoms with Gasteiger partial charge in [-0.1, -0.05) is 25.0 Å². The van der Waals surface area contributed by atoms with Gasteiger partial charge in [0.05, 0.1) is 18.7 Å². The molecule has 0 unspecified atom stereocenters. The highest BCUT2D eigenvalue weighted by molar-refractivity contribution is 5.96. The summed E-state index contributed by atoms with van der Waals surface area (Å²) in [4.78, 5) is 23.7. The maximum absolute atomic E-state index is 11.9. The van der Waals surface area contributed by atoms with Crippen molar-refractivity contribution in [2.24, 2.45) is 0 Å². The quantitative estimate of drug-likeness (QED) is 0.789. The maximum atomic E-state index is 11.9. The van der Waals surface area contributed by atoms with Gasteiger partial charge < -0.3 is 15.4 Å².